The Kier molecular flexibility index (Phi) is 5.29. The highest BCUT2D eigenvalue weighted by Crippen LogP contribution is 2.82. The summed E-state index contributed by atoms with van der Waals surface area (Å²) < 4.78 is 23.8. The number of ketones is 1. The van der Waals surface area contributed by atoms with Gasteiger partial charge in [-0.15, -0.1) is 0 Å². The van der Waals surface area contributed by atoms with Crippen molar-refractivity contribution in [3.63, 3.8) is 0 Å². The molecule has 4 saturated carbocycles. The molecule has 8 heteroatoms. The molecule has 1 N–H and O–H groups in total. The van der Waals surface area contributed by atoms with E-state index in [2.05, 4.69) is 34.6 Å². The molecule has 1 aliphatic heterocycles. The number of carbonyl (C=O) groups is 3. The van der Waals surface area contributed by atoms with Gasteiger partial charge in [0, 0.05) is 47.5 Å². The van der Waals surface area contributed by atoms with E-state index in [1.807, 2.05) is 6.07 Å². The van der Waals surface area contributed by atoms with Crippen LogP contribution >= 0.6 is 0 Å². The Morgan fingerprint density at radius 2 is 1.66 bits per heavy atom. The Balaban J connectivity index is 1.50. The molecule has 4 aliphatic carbocycles. The van der Waals surface area contributed by atoms with Gasteiger partial charge in [0.15, 0.2) is 5.78 Å². The van der Waals surface area contributed by atoms with Crippen molar-refractivity contribution in [3.8, 4) is 0 Å². The van der Waals surface area contributed by atoms with Gasteiger partial charge in [0.25, 0.3) is 0 Å². The average molecular weight is 529 g/mol. The Bertz CT molecular complexity index is 1190. The Hall–Kier alpha value is -2.19. The number of esters is 2. The van der Waals surface area contributed by atoms with Crippen molar-refractivity contribution < 1.29 is 38.1 Å². The minimum Gasteiger partial charge on any atom is -0.472 e. The first-order chi connectivity index (χ1) is 17.7. The topological polar surface area (TPSA) is 116 Å². The maximum Gasteiger partial charge on any atom is 0.302 e. The second-order valence-electron chi connectivity index (χ2n) is 13.8. The van der Waals surface area contributed by atoms with Crippen LogP contribution in [0.3, 0.4) is 0 Å². The van der Waals surface area contributed by atoms with Crippen LogP contribution in [0.2, 0.25) is 0 Å². The van der Waals surface area contributed by atoms with Crippen molar-refractivity contribution in [2.24, 2.45) is 33.5 Å². The zero-order valence-electron chi connectivity index (χ0n) is 23.4. The number of fused-ring (bicyclic) bond motifs is 3. The van der Waals surface area contributed by atoms with Gasteiger partial charge in [-0.1, -0.05) is 34.6 Å². The first kappa shape index (κ1) is 26.1. The molecule has 5 aliphatic rings. The number of furan rings is 1. The molecule has 208 valence electrons. The summed E-state index contributed by atoms with van der Waals surface area (Å²) in [5.74, 6) is -1.22. The summed E-state index contributed by atoms with van der Waals surface area (Å²) >= 11 is 0. The molecule has 1 aromatic rings. The van der Waals surface area contributed by atoms with Gasteiger partial charge >= 0.3 is 11.9 Å². The zero-order chi connectivity index (χ0) is 27.6. The summed E-state index contributed by atoms with van der Waals surface area (Å²) in [7, 11) is 0. The van der Waals surface area contributed by atoms with Gasteiger partial charge in [-0.2, -0.15) is 0 Å². The first-order valence-corrected chi connectivity index (χ1v) is 13.9. The van der Waals surface area contributed by atoms with Crippen molar-refractivity contribution in [1.29, 1.82) is 0 Å². The number of carbonyl (C=O) groups excluding carboxylic acids is 3. The number of aliphatic hydroxyl groups is 1. The van der Waals surface area contributed by atoms with E-state index in [1.54, 1.807) is 12.5 Å². The summed E-state index contributed by atoms with van der Waals surface area (Å²) in [6.45, 7) is 13.4. The Labute approximate surface area is 223 Å². The molecule has 1 spiro atoms. The zero-order valence-corrected chi connectivity index (χ0v) is 23.4. The van der Waals surface area contributed by atoms with Crippen LogP contribution in [0.25, 0.3) is 0 Å². The van der Waals surface area contributed by atoms with Gasteiger partial charge in [0.1, 0.15) is 23.9 Å². The number of hydrogen-bond acceptors (Lipinski definition) is 8. The molecule has 8 nitrogen and oxygen atoms in total. The Morgan fingerprint density at radius 3 is 2.26 bits per heavy atom. The molecule has 0 aromatic carbocycles. The highest BCUT2D eigenvalue weighted by atomic mass is 16.6. The monoisotopic (exact) mass is 528 g/mol. The summed E-state index contributed by atoms with van der Waals surface area (Å²) in [6, 6.07) is 1.87. The lowest BCUT2D eigenvalue weighted by molar-refractivity contribution is -0.287. The number of aliphatic hydroxyl groups excluding tert-OH is 1. The highest BCUT2D eigenvalue weighted by Gasteiger charge is 2.90. The fourth-order valence-corrected chi connectivity index (χ4v) is 10.6. The normalized spacial score (nSPS) is 50.2. The number of hydrogen-bond donors (Lipinski definition) is 1. The van der Waals surface area contributed by atoms with Gasteiger partial charge in [-0.05, 0) is 37.2 Å². The maximum absolute atomic E-state index is 13.9. The first-order valence-electron chi connectivity index (χ1n) is 13.9. The van der Waals surface area contributed by atoms with Crippen LogP contribution in [-0.2, 0) is 28.6 Å². The van der Waals surface area contributed by atoms with E-state index in [-0.39, 0.29) is 35.5 Å². The van der Waals surface area contributed by atoms with E-state index in [0.29, 0.717) is 12.8 Å². The van der Waals surface area contributed by atoms with Gasteiger partial charge in [0.05, 0.1) is 24.5 Å². The minimum absolute atomic E-state index is 0.0593. The van der Waals surface area contributed by atoms with E-state index in [1.165, 1.54) is 13.8 Å². The third kappa shape index (κ3) is 2.81. The maximum atomic E-state index is 13.9. The molecule has 0 amide bonds. The molecule has 6 rings (SSSR count). The summed E-state index contributed by atoms with van der Waals surface area (Å²) in [4.78, 5) is 38.4. The predicted octanol–water partition coefficient (Wildman–Crippen LogP) is 4.19. The second-order valence-corrected chi connectivity index (χ2v) is 13.8. The molecule has 0 unspecified atom stereocenters. The van der Waals surface area contributed by atoms with Crippen LogP contribution < -0.4 is 0 Å². The lowest BCUT2D eigenvalue weighted by Gasteiger charge is -2.70. The third-order valence-electron chi connectivity index (χ3n) is 12.1. The van der Waals surface area contributed by atoms with Crippen LogP contribution in [0.15, 0.2) is 23.0 Å². The molecule has 11 atom stereocenters. The largest absolute Gasteiger partial charge is 0.472 e. The van der Waals surface area contributed by atoms with Crippen LogP contribution in [0.4, 0.5) is 0 Å². The van der Waals surface area contributed by atoms with Crippen LogP contribution in [0.1, 0.15) is 85.6 Å². The SMILES string of the molecule is CC(=O)O[C@H]1C[C@H]2C(C)(C)[C@H](OC(C)=O)C[C@H](O)[C@]2(C)[C@H]2CC[C@]3(C)[C@@H](c4ccoc4)C(=O)[C@@H]4O[C@@]43[C@]12C. The molecular weight excluding hydrogens is 488 g/mol. The number of ether oxygens (including phenoxy) is 3. The lowest BCUT2D eigenvalue weighted by Crippen LogP contribution is -2.73. The number of epoxide rings is 1. The van der Waals surface area contributed by atoms with E-state index in [0.717, 1.165) is 18.4 Å². The van der Waals surface area contributed by atoms with Crippen LogP contribution in [0.5, 0.6) is 0 Å². The Morgan fingerprint density at radius 1 is 1.00 bits per heavy atom. The van der Waals surface area contributed by atoms with Gasteiger partial charge in [-0.25, -0.2) is 0 Å². The van der Waals surface area contributed by atoms with E-state index in [4.69, 9.17) is 18.6 Å². The lowest BCUT2D eigenvalue weighted by atomic mass is 9.35. The van der Waals surface area contributed by atoms with Crippen molar-refractivity contribution in [2.75, 3.05) is 0 Å². The summed E-state index contributed by atoms with van der Waals surface area (Å²) in [6.07, 6.45) is 3.29. The van der Waals surface area contributed by atoms with Gasteiger partial charge in [0.2, 0.25) is 0 Å². The van der Waals surface area contributed by atoms with E-state index >= 15 is 0 Å². The van der Waals surface area contributed by atoms with Crippen LogP contribution in [-0.4, -0.2) is 52.8 Å². The third-order valence-corrected chi connectivity index (χ3v) is 12.1. The molecule has 1 saturated heterocycles. The summed E-state index contributed by atoms with van der Waals surface area (Å²) in [5, 5.41) is 11.8. The molecule has 5 fully saturated rings. The van der Waals surface area contributed by atoms with Crippen molar-refractivity contribution in [1.82, 2.24) is 0 Å². The number of Topliss-reactive ketones (excluding diaryl/α,β-unsaturated/α-hetero) is 1. The van der Waals surface area contributed by atoms with Gasteiger partial charge in [-0.3, -0.25) is 14.4 Å². The van der Waals surface area contributed by atoms with Crippen molar-refractivity contribution in [3.05, 3.63) is 24.2 Å². The summed E-state index contributed by atoms with van der Waals surface area (Å²) in [5.41, 5.74) is -2.20. The molecule has 2 heterocycles. The quantitative estimate of drug-likeness (QED) is 0.459. The molecule has 0 radical (unpaired) electrons. The fraction of sp³-hybridized carbons (Fsp3) is 0.767. The predicted molar refractivity (Wildman–Crippen MR) is 135 cm³/mol. The average Bonchev–Trinajstić information content (AvgIpc) is 3.30. The molecule has 38 heavy (non-hydrogen) atoms. The van der Waals surface area contributed by atoms with Gasteiger partial charge < -0.3 is 23.7 Å². The molecule has 0 bridgehead atoms. The van der Waals surface area contributed by atoms with Crippen molar-refractivity contribution in [2.45, 2.75) is 110 Å². The standard InChI is InChI=1S/C30H40O8/c1-15(31)36-21-13-20(33)28(6)18-8-10-27(5)23(17-9-11-35-14-17)24(34)25-30(27,38-25)29(18,7)22(37-16(2)32)12-19(28)26(21,3)4/h9,11,14,18-23,25,33H,8,10,12-13H2,1-7H3/t18-,19+,20+,21-,22+,23+,25+,27-,28-,29+,30+/m1/s1. The number of rotatable bonds is 3. The van der Waals surface area contributed by atoms with Crippen molar-refractivity contribution >= 4 is 17.7 Å². The van der Waals surface area contributed by atoms with E-state index < -0.39 is 51.7 Å². The molecule has 1 aromatic heterocycles. The second kappa shape index (κ2) is 7.72. The smallest absolute Gasteiger partial charge is 0.302 e. The fourth-order valence-electron chi connectivity index (χ4n) is 10.6. The van der Waals surface area contributed by atoms with Crippen LogP contribution in [0, 0.1) is 33.5 Å². The molecular formula is C30H40O8. The minimum atomic E-state index is -0.813. The highest BCUT2D eigenvalue weighted by molar-refractivity contribution is 5.98. The van der Waals surface area contributed by atoms with E-state index in [9.17, 15) is 19.5 Å².